The molecule has 1 aliphatic carbocycles. The minimum atomic E-state index is -0.0377. The number of benzene rings is 1. The van der Waals surface area contributed by atoms with Crippen molar-refractivity contribution in [2.75, 3.05) is 13.7 Å². The summed E-state index contributed by atoms with van der Waals surface area (Å²) in [5.74, 6) is 2.31. The summed E-state index contributed by atoms with van der Waals surface area (Å²) >= 11 is 0. The van der Waals surface area contributed by atoms with Gasteiger partial charge in [0.05, 0.1) is 13.7 Å². The van der Waals surface area contributed by atoms with Gasteiger partial charge in [0.25, 0.3) is 0 Å². The molecular formula is C13H19NO2. The fraction of sp³-hybridized carbons (Fsp3) is 0.538. The highest BCUT2D eigenvalue weighted by Crippen LogP contribution is 2.36. The Balaban J connectivity index is 2.21. The Morgan fingerprint density at radius 2 is 2.19 bits per heavy atom. The number of hydrogen-bond acceptors (Lipinski definition) is 3. The third-order valence-electron chi connectivity index (χ3n) is 2.88. The standard InChI is InChI=1S/C13H19NO2/c1-9(14)11-4-3-5-12(15-2)13(11)16-8-10-6-7-10/h3-5,9-10H,6-8,14H2,1-2H3. The predicted molar refractivity (Wildman–Crippen MR) is 63.8 cm³/mol. The van der Waals surface area contributed by atoms with Crippen molar-refractivity contribution in [2.45, 2.75) is 25.8 Å². The van der Waals surface area contributed by atoms with Gasteiger partial charge in [-0.25, -0.2) is 0 Å². The molecule has 0 heterocycles. The number of methoxy groups -OCH3 is 1. The van der Waals surface area contributed by atoms with Crippen LogP contribution in [0.5, 0.6) is 11.5 Å². The molecule has 0 amide bonds. The van der Waals surface area contributed by atoms with Gasteiger partial charge in [-0.1, -0.05) is 12.1 Å². The zero-order valence-electron chi connectivity index (χ0n) is 9.90. The molecule has 2 N–H and O–H groups in total. The first kappa shape index (κ1) is 11.3. The van der Waals surface area contributed by atoms with E-state index in [-0.39, 0.29) is 6.04 Å². The van der Waals surface area contributed by atoms with E-state index in [9.17, 15) is 0 Å². The quantitative estimate of drug-likeness (QED) is 0.830. The molecule has 0 spiro atoms. The average Bonchev–Trinajstić information content (AvgIpc) is 3.09. The van der Waals surface area contributed by atoms with Crippen molar-refractivity contribution in [2.24, 2.45) is 11.7 Å². The predicted octanol–water partition coefficient (Wildman–Crippen LogP) is 2.50. The van der Waals surface area contributed by atoms with Gasteiger partial charge in [-0.15, -0.1) is 0 Å². The van der Waals surface area contributed by atoms with Crippen LogP contribution in [0.1, 0.15) is 31.4 Å². The van der Waals surface area contributed by atoms with Crippen molar-refractivity contribution < 1.29 is 9.47 Å². The van der Waals surface area contributed by atoms with Gasteiger partial charge in [-0.3, -0.25) is 0 Å². The van der Waals surface area contributed by atoms with Gasteiger partial charge in [0.15, 0.2) is 11.5 Å². The Labute approximate surface area is 96.5 Å². The molecule has 0 bridgehead atoms. The molecular weight excluding hydrogens is 202 g/mol. The summed E-state index contributed by atoms with van der Waals surface area (Å²) < 4.78 is 11.1. The lowest BCUT2D eigenvalue weighted by Crippen LogP contribution is -2.10. The van der Waals surface area contributed by atoms with Crippen LogP contribution >= 0.6 is 0 Å². The number of para-hydroxylation sites is 1. The third kappa shape index (κ3) is 2.47. The van der Waals surface area contributed by atoms with E-state index in [1.807, 2.05) is 25.1 Å². The van der Waals surface area contributed by atoms with E-state index in [0.717, 1.165) is 29.6 Å². The van der Waals surface area contributed by atoms with Gasteiger partial charge in [0.1, 0.15) is 0 Å². The molecule has 16 heavy (non-hydrogen) atoms. The van der Waals surface area contributed by atoms with Crippen LogP contribution in [0.15, 0.2) is 18.2 Å². The second-order valence-corrected chi connectivity index (χ2v) is 4.42. The Hall–Kier alpha value is -1.22. The van der Waals surface area contributed by atoms with Gasteiger partial charge < -0.3 is 15.2 Å². The smallest absolute Gasteiger partial charge is 0.165 e. The first-order valence-electron chi connectivity index (χ1n) is 5.77. The molecule has 3 heteroatoms. The molecule has 0 aromatic heterocycles. The minimum absolute atomic E-state index is 0.0377. The molecule has 1 saturated carbocycles. The monoisotopic (exact) mass is 221 g/mol. The molecule has 1 unspecified atom stereocenters. The van der Waals surface area contributed by atoms with Crippen molar-refractivity contribution in [3.8, 4) is 11.5 Å². The van der Waals surface area contributed by atoms with E-state index in [4.69, 9.17) is 15.2 Å². The van der Waals surface area contributed by atoms with E-state index < -0.39 is 0 Å². The van der Waals surface area contributed by atoms with E-state index in [0.29, 0.717) is 0 Å². The zero-order chi connectivity index (χ0) is 11.5. The lowest BCUT2D eigenvalue weighted by Gasteiger charge is -2.16. The van der Waals surface area contributed by atoms with Crippen molar-refractivity contribution in [1.29, 1.82) is 0 Å². The van der Waals surface area contributed by atoms with E-state index in [1.54, 1.807) is 7.11 Å². The summed E-state index contributed by atoms with van der Waals surface area (Å²) in [4.78, 5) is 0. The molecule has 3 nitrogen and oxygen atoms in total. The Morgan fingerprint density at radius 3 is 2.75 bits per heavy atom. The molecule has 0 saturated heterocycles. The summed E-state index contributed by atoms with van der Waals surface area (Å²) in [5.41, 5.74) is 6.94. The van der Waals surface area contributed by atoms with Crippen LogP contribution in [0.25, 0.3) is 0 Å². The average molecular weight is 221 g/mol. The Kier molecular flexibility index (Phi) is 3.34. The van der Waals surface area contributed by atoms with Crippen LogP contribution in [-0.2, 0) is 0 Å². The first-order chi connectivity index (χ1) is 7.72. The van der Waals surface area contributed by atoms with Crippen molar-refractivity contribution in [3.63, 3.8) is 0 Å². The fourth-order valence-electron chi connectivity index (χ4n) is 1.69. The van der Waals surface area contributed by atoms with Crippen molar-refractivity contribution in [3.05, 3.63) is 23.8 Å². The second-order valence-electron chi connectivity index (χ2n) is 4.42. The highest BCUT2D eigenvalue weighted by Gasteiger charge is 2.23. The SMILES string of the molecule is COc1cccc(C(C)N)c1OCC1CC1. The summed E-state index contributed by atoms with van der Waals surface area (Å²) in [6.45, 7) is 2.73. The maximum Gasteiger partial charge on any atom is 0.165 e. The maximum atomic E-state index is 5.92. The molecule has 1 fully saturated rings. The van der Waals surface area contributed by atoms with E-state index in [2.05, 4.69) is 0 Å². The Morgan fingerprint density at radius 1 is 1.44 bits per heavy atom. The lowest BCUT2D eigenvalue weighted by molar-refractivity contribution is 0.276. The maximum absolute atomic E-state index is 5.92. The van der Waals surface area contributed by atoms with Crippen molar-refractivity contribution >= 4 is 0 Å². The topological polar surface area (TPSA) is 44.5 Å². The Bertz CT molecular complexity index is 359. The van der Waals surface area contributed by atoms with Gasteiger partial charge in [-0.2, -0.15) is 0 Å². The van der Waals surface area contributed by atoms with Gasteiger partial charge in [0, 0.05) is 11.6 Å². The molecule has 1 atom stereocenters. The number of rotatable bonds is 5. The molecule has 1 aromatic rings. The summed E-state index contributed by atoms with van der Waals surface area (Å²) in [6.07, 6.45) is 2.56. The fourth-order valence-corrected chi connectivity index (χ4v) is 1.69. The number of nitrogens with two attached hydrogens (primary N) is 1. The van der Waals surface area contributed by atoms with Gasteiger partial charge >= 0.3 is 0 Å². The highest BCUT2D eigenvalue weighted by atomic mass is 16.5. The normalized spacial score (nSPS) is 16.9. The molecule has 0 radical (unpaired) electrons. The summed E-state index contributed by atoms with van der Waals surface area (Å²) in [5, 5.41) is 0. The zero-order valence-corrected chi connectivity index (χ0v) is 9.90. The van der Waals surface area contributed by atoms with Crippen LogP contribution in [0.3, 0.4) is 0 Å². The van der Waals surface area contributed by atoms with Crippen molar-refractivity contribution in [1.82, 2.24) is 0 Å². The molecule has 1 aliphatic rings. The van der Waals surface area contributed by atoms with Crippen LogP contribution in [0.2, 0.25) is 0 Å². The van der Waals surface area contributed by atoms with E-state index >= 15 is 0 Å². The highest BCUT2D eigenvalue weighted by molar-refractivity contribution is 5.47. The third-order valence-corrected chi connectivity index (χ3v) is 2.88. The lowest BCUT2D eigenvalue weighted by atomic mass is 10.1. The molecule has 2 rings (SSSR count). The summed E-state index contributed by atoms with van der Waals surface area (Å²) in [7, 11) is 1.66. The summed E-state index contributed by atoms with van der Waals surface area (Å²) in [6, 6.07) is 5.81. The second kappa shape index (κ2) is 4.74. The van der Waals surface area contributed by atoms with Crippen LogP contribution in [-0.4, -0.2) is 13.7 Å². The number of ether oxygens (including phenoxy) is 2. The van der Waals surface area contributed by atoms with E-state index in [1.165, 1.54) is 12.8 Å². The first-order valence-corrected chi connectivity index (χ1v) is 5.77. The minimum Gasteiger partial charge on any atom is -0.493 e. The largest absolute Gasteiger partial charge is 0.493 e. The molecule has 1 aromatic carbocycles. The van der Waals surface area contributed by atoms with Crippen LogP contribution in [0, 0.1) is 5.92 Å². The van der Waals surface area contributed by atoms with Gasteiger partial charge in [-0.05, 0) is 31.7 Å². The van der Waals surface area contributed by atoms with Crippen LogP contribution in [0.4, 0.5) is 0 Å². The molecule has 88 valence electrons. The number of hydrogen-bond donors (Lipinski definition) is 1. The van der Waals surface area contributed by atoms with Gasteiger partial charge in [0.2, 0.25) is 0 Å². The van der Waals surface area contributed by atoms with Crippen LogP contribution < -0.4 is 15.2 Å². The molecule has 0 aliphatic heterocycles.